The second-order valence-corrected chi connectivity index (χ2v) is 2.27. The Kier molecular flexibility index (Phi) is 1.68. The molecule has 0 aromatic carbocycles. The molecule has 0 saturated carbocycles. The molecule has 2 atom stereocenters. The lowest BCUT2D eigenvalue weighted by Gasteiger charge is -2.06. The topological polar surface area (TPSA) is 75.3 Å². The van der Waals surface area contributed by atoms with Crippen LogP contribution in [0.1, 0.15) is 0 Å². The molecule has 4 heteroatoms. The van der Waals surface area contributed by atoms with Gasteiger partial charge in [0.25, 0.3) is 0 Å². The van der Waals surface area contributed by atoms with Crippen molar-refractivity contribution in [2.75, 3.05) is 13.1 Å². The van der Waals surface area contributed by atoms with Crippen LogP contribution in [0.4, 0.5) is 0 Å². The number of carbonyl (C=O) groups is 1. The maximum atomic E-state index is 10.3. The first-order chi connectivity index (χ1) is 4.22. The molecule has 0 aromatic rings. The molecule has 1 saturated heterocycles. The second kappa shape index (κ2) is 2.33. The Morgan fingerprint density at radius 1 is 1.67 bits per heavy atom. The quantitative estimate of drug-likeness (QED) is 0.409. The number of nitrogens with one attached hydrogen (secondary N) is 1. The van der Waals surface area contributed by atoms with Crippen LogP contribution in [0.2, 0.25) is 0 Å². The molecule has 52 valence electrons. The van der Waals surface area contributed by atoms with Crippen molar-refractivity contribution < 1.29 is 9.90 Å². The first kappa shape index (κ1) is 6.51. The van der Waals surface area contributed by atoms with Gasteiger partial charge in [-0.3, -0.25) is 4.79 Å². The van der Waals surface area contributed by atoms with Gasteiger partial charge >= 0.3 is 5.97 Å². The third kappa shape index (κ3) is 1.20. The summed E-state index contributed by atoms with van der Waals surface area (Å²) in [6.45, 7) is 1.13. The van der Waals surface area contributed by atoms with Crippen molar-refractivity contribution in [2.45, 2.75) is 6.04 Å². The molecule has 0 amide bonds. The average Bonchev–Trinajstić information content (AvgIpc) is 2.13. The van der Waals surface area contributed by atoms with Crippen molar-refractivity contribution >= 4 is 5.97 Å². The molecular weight excluding hydrogens is 120 g/mol. The van der Waals surface area contributed by atoms with Crippen molar-refractivity contribution in [2.24, 2.45) is 11.7 Å². The molecular formula is C5H10N2O2. The van der Waals surface area contributed by atoms with Gasteiger partial charge in [0.1, 0.15) is 0 Å². The van der Waals surface area contributed by atoms with Crippen LogP contribution >= 0.6 is 0 Å². The van der Waals surface area contributed by atoms with E-state index in [4.69, 9.17) is 10.8 Å². The van der Waals surface area contributed by atoms with Gasteiger partial charge in [0, 0.05) is 19.1 Å². The highest BCUT2D eigenvalue weighted by Crippen LogP contribution is 2.05. The summed E-state index contributed by atoms with van der Waals surface area (Å²) in [5, 5.41) is 11.4. The highest BCUT2D eigenvalue weighted by atomic mass is 16.4. The minimum Gasteiger partial charge on any atom is -0.481 e. The predicted octanol–water partition coefficient (Wildman–Crippen LogP) is -1.38. The maximum absolute atomic E-state index is 10.3. The van der Waals surface area contributed by atoms with Gasteiger partial charge < -0.3 is 16.2 Å². The summed E-state index contributed by atoms with van der Waals surface area (Å²) in [5.41, 5.74) is 5.44. The number of rotatable bonds is 1. The third-order valence-electron chi connectivity index (χ3n) is 1.58. The number of hydrogen-bond acceptors (Lipinski definition) is 3. The second-order valence-electron chi connectivity index (χ2n) is 2.27. The average molecular weight is 130 g/mol. The Morgan fingerprint density at radius 2 is 2.33 bits per heavy atom. The largest absolute Gasteiger partial charge is 0.481 e. The first-order valence-electron chi connectivity index (χ1n) is 2.91. The lowest BCUT2D eigenvalue weighted by molar-refractivity contribution is -0.141. The zero-order valence-corrected chi connectivity index (χ0v) is 5.00. The highest BCUT2D eigenvalue weighted by molar-refractivity contribution is 5.71. The van der Waals surface area contributed by atoms with E-state index in [1.54, 1.807) is 0 Å². The molecule has 0 bridgehead atoms. The van der Waals surface area contributed by atoms with E-state index >= 15 is 0 Å². The molecule has 9 heavy (non-hydrogen) atoms. The molecule has 0 aromatic heterocycles. The molecule has 0 radical (unpaired) electrons. The molecule has 0 spiro atoms. The van der Waals surface area contributed by atoms with Gasteiger partial charge in [-0.1, -0.05) is 0 Å². The van der Waals surface area contributed by atoms with Gasteiger partial charge in [-0.05, 0) is 0 Å². The molecule has 0 unspecified atom stereocenters. The van der Waals surface area contributed by atoms with Crippen LogP contribution in [-0.4, -0.2) is 30.2 Å². The Bertz CT molecular complexity index is 126. The van der Waals surface area contributed by atoms with Crippen molar-refractivity contribution in [1.29, 1.82) is 0 Å². The lowest BCUT2D eigenvalue weighted by atomic mass is 10.1. The van der Waals surface area contributed by atoms with Crippen LogP contribution in [0, 0.1) is 5.92 Å². The molecule has 1 aliphatic heterocycles. The number of hydrogen-bond donors (Lipinski definition) is 3. The van der Waals surface area contributed by atoms with Crippen molar-refractivity contribution in [3.63, 3.8) is 0 Å². The van der Waals surface area contributed by atoms with Gasteiger partial charge in [0.05, 0.1) is 5.92 Å². The highest BCUT2D eigenvalue weighted by Gasteiger charge is 2.29. The predicted molar refractivity (Wildman–Crippen MR) is 32.0 cm³/mol. The van der Waals surface area contributed by atoms with Crippen LogP contribution in [-0.2, 0) is 4.79 Å². The molecule has 1 rings (SSSR count). The summed E-state index contributed by atoms with van der Waals surface area (Å²) in [6.07, 6.45) is 0. The van der Waals surface area contributed by atoms with Crippen molar-refractivity contribution in [1.82, 2.24) is 5.32 Å². The number of aliphatic carboxylic acids is 1. The fourth-order valence-corrected chi connectivity index (χ4v) is 0.970. The standard InChI is InChI=1S/C5H10N2O2/c6-4-2-7-1-3(4)5(8)9/h3-4,7H,1-2,6H2,(H,8,9)/t3-,4-/m1/s1. The van der Waals surface area contributed by atoms with E-state index in [1.165, 1.54) is 0 Å². The lowest BCUT2D eigenvalue weighted by Crippen LogP contribution is -2.33. The Morgan fingerprint density at radius 3 is 2.56 bits per heavy atom. The van der Waals surface area contributed by atoms with Gasteiger partial charge in [-0.25, -0.2) is 0 Å². The summed E-state index contributed by atoms with van der Waals surface area (Å²) >= 11 is 0. The Labute approximate surface area is 53.0 Å². The SMILES string of the molecule is N[C@@H]1CNC[C@H]1C(=O)O. The van der Waals surface area contributed by atoms with Crippen LogP contribution in [0.15, 0.2) is 0 Å². The Hall–Kier alpha value is -0.610. The van der Waals surface area contributed by atoms with Crippen molar-refractivity contribution in [3.05, 3.63) is 0 Å². The summed E-state index contributed by atoms with van der Waals surface area (Å²) in [5.74, 6) is -1.18. The smallest absolute Gasteiger partial charge is 0.309 e. The summed E-state index contributed by atoms with van der Waals surface area (Å²) in [7, 11) is 0. The monoisotopic (exact) mass is 130 g/mol. The fraction of sp³-hybridized carbons (Fsp3) is 0.800. The summed E-state index contributed by atoms with van der Waals surface area (Å²) < 4.78 is 0. The number of carboxylic acid groups (broad SMARTS) is 1. The van der Waals surface area contributed by atoms with E-state index in [-0.39, 0.29) is 12.0 Å². The zero-order chi connectivity index (χ0) is 6.85. The van der Waals surface area contributed by atoms with Crippen LogP contribution in [0.25, 0.3) is 0 Å². The maximum Gasteiger partial charge on any atom is 0.309 e. The molecule has 1 aliphatic rings. The Balaban J connectivity index is 2.49. The summed E-state index contributed by atoms with van der Waals surface area (Å²) in [4.78, 5) is 10.3. The van der Waals surface area contributed by atoms with Gasteiger partial charge in [-0.15, -0.1) is 0 Å². The van der Waals surface area contributed by atoms with Crippen LogP contribution in [0.3, 0.4) is 0 Å². The van der Waals surface area contributed by atoms with E-state index in [9.17, 15) is 4.79 Å². The molecule has 1 heterocycles. The minimum atomic E-state index is -0.799. The van der Waals surface area contributed by atoms with E-state index in [0.717, 1.165) is 0 Å². The fourth-order valence-electron chi connectivity index (χ4n) is 0.970. The minimum absolute atomic E-state index is 0.206. The van der Waals surface area contributed by atoms with Crippen LogP contribution in [0.5, 0.6) is 0 Å². The summed E-state index contributed by atoms with van der Waals surface area (Å²) in [6, 6.07) is -0.206. The number of carboxylic acids is 1. The van der Waals surface area contributed by atoms with E-state index in [2.05, 4.69) is 5.32 Å². The molecule has 1 fully saturated rings. The van der Waals surface area contributed by atoms with Crippen LogP contribution < -0.4 is 11.1 Å². The van der Waals surface area contributed by atoms with E-state index in [0.29, 0.717) is 13.1 Å². The third-order valence-corrected chi connectivity index (χ3v) is 1.58. The molecule has 4 nitrogen and oxygen atoms in total. The first-order valence-corrected chi connectivity index (χ1v) is 2.91. The van der Waals surface area contributed by atoms with Gasteiger partial charge in [-0.2, -0.15) is 0 Å². The normalized spacial score (nSPS) is 34.8. The number of nitrogens with two attached hydrogens (primary N) is 1. The van der Waals surface area contributed by atoms with Gasteiger partial charge in [0.15, 0.2) is 0 Å². The van der Waals surface area contributed by atoms with Gasteiger partial charge in [0.2, 0.25) is 0 Å². The molecule has 4 N–H and O–H groups in total. The van der Waals surface area contributed by atoms with E-state index < -0.39 is 5.97 Å². The van der Waals surface area contributed by atoms with E-state index in [1.807, 2.05) is 0 Å². The molecule has 0 aliphatic carbocycles. The zero-order valence-electron chi connectivity index (χ0n) is 5.00. The van der Waals surface area contributed by atoms with Crippen molar-refractivity contribution in [3.8, 4) is 0 Å².